The average Bonchev–Trinajstić information content (AvgIpc) is 3.52. The van der Waals surface area contributed by atoms with Crippen LogP contribution in [0.1, 0.15) is 40.7 Å². The summed E-state index contributed by atoms with van der Waals surface area (Å²) in [6, 6.07) is 12.3. The van der Waals surface area contributed by atoms with E-state index in [1.54, 1.807) is 22.2 Å². The monoisotopic (exact) mass is 508 g/mol. The van der Waals surface area contributed by atoms with Crippen molar-refractivity contribution in [3.63, 3.8) is 0 Å². The molecule has 2 amide bonds. The Morgan fingerprint density at radius 1 is 1.22 bits per heavy atom. The van der Waals surface area contributed by atoms with Crippen molar-refractivity contribution >= 4 is 23.2 Å². The zero-order valence-electron chi connectivity index (χ0n) is 20.5. The van der Waals surface area contributed by atoms with Crippen molar-refractivity contribution in [2.45, 2.75) is 43.9 Å². The number of piperidine rings is 1. The van der Waals surface area contributed by atoms with Gasteiger partial charge in [-0.05, 0) is 41.8 Å². The molecule has 10 heteroatoms. The largest absolute Gasteiger partial charge is 0.388 e. The lowest BCUT2D eigenvalue weighted by Crippen LogP contribution is -2.55. The van der Waals surface area contributed by atoms with Crippen LogP contribution in [-0.2, 0) is 36.0 Å². The summed E-state index contributed by atoms with van der Waals surface area (Å²) < 4.78 is 1.76. The third kappa shape index (κ3) is 5.35. The second-order valence-corrected chi connectivity index (χ2v) is 10.8. The molecule has 0 radical (unpaired) electrons. The Labute approximate surface area is 214 Å². The number of hydrogen-bond donors (Lipinski definition) is 2. The van der Waals surface area contributed by atoms with Crippen LogP contribution in [0.5, 0.6) is 0 Å². The molecule has 1 aromatic carbocycles. The Morgan fingerprint density at radius 3 is 2.83 bits per heavy atom. The molecule has 2 N–H and O–H groups in total. The molecular weight excluding hydrogens is 476 g/mol. The molecule has 2 aromatic heterocycles. The van der Waals surface area contributed by atoms with Gasteiger partial charge in [-0.15, -0.1) is 21.5 Å². The molecule has 190 valence electrons. The summed E-state index contributed by atoms with van der Waals surface area (Å²) in [5.74, 6) is -0.582. The molecule has 5 rings (SSSR count). The number of aliphatic hydroxyl groups is 1. The third-order valence-corrected chi connectivity index (χ3v) is 8.27. The molecule has 9 nitrogen and oxygen atoms in total. The minimum Gasteiger partial charge on any atom is -0.388 e. The smallest absolute Gasteiger partial charge is 0.311 e. The van der Waals surface area contributed by atoms with E-state index in [1.807, 2.05) is 25.2 Å². The van der Waals surface area contributed by atoms with E-state index >= 15 is 0 Å². The SMILES string of the molecule is Cn1cnnc1CC1(O)CCCN(C(=O)C(=O)NCC(c2ccccc2)N2CCc3sccc3C2)C1. The summed E-state index contributed by atoms with van der Waals surface area (Å²) in [6.45, 7) is 2.61. The second kappa shape index (κ2) is 10.5. The average molecular weight is 509 g/mol. The Morgan fingerprint density at radius 2 is 2.06 bits per heavy atom. The number of aryl methyl sites for hydroxylation is 1. The number of thiophene rings is 1. The number of carbonyl (C=O) groups is 2. The van der Waals surface area contributed by atoms with Crippen molar-refractivity contribution in [2.75, 3.05) is 26.2 Å². The van der Waals surface area contributed by atoms with Crippen LogP contribution in [0.25, 0.3) is 0 Å². The number of nitrogens with zero attached hydrogens (tertiary/aromatic N) is 5. The quantitative estimate of drug-likeness (QED) is 0.491. The van der Waals surface area contributed by atoms with Crippen molar-refractivity contribution < 1.29 is 14.7 Å². The highest BCUT2D eigenvalue weighted by Gasteiger charge is 2.38. The van der Waals surface area contributed by atoms with Crippen molar-refractivity contribution in [1.82, 2.24) is 29.9 Å². The van der Waals surface area contributed by atoms with Gasteiger partial charge in [0.15, 0.2) is 0 Å². The maximum Gasteiger partial charge on any atom is 0.311 e. The summed E-state index contributed by atoms with van der Waals surface area (Å²) >= 11 is 1.80. The molecule has 0 aliphatic carbocycles. The van der Waals surface area contributed by atoms with E-state index in [2.05, 4.69) is 44.0 Å². The van der Waals surface area contributed by atoms with Gasteiger partial charge in [0.2, 0.25) is 0 Å². The molecule has 2 aliphatic heterocycles. The zero-order chi connectivity index (χ0) is 25.1. The fraction of sp³-hybridized carbons (Fsp3) is 0.462. The molecule has 2 unspecified atom stereocenters. The number of nitrogens with one attached hydrogen (secondary N) is 1. The van der Waals surface area contributed by atoms with Gasteiger partial charge >= 0.3 is 11.8 Å². The van der Waals surface area contributed by atoms with E-state index in [9.17, 15) is 14.7 Å². The Balaban J connectivity index is 1.23. The van der Waals surface area contributed by atoms with Gasteiger partial charge < -0.3 is 19.9 Å². The molecule has 1 fully saturated rings. The van der Waals surface area contributed by atoms with Gasteiger partial charge in [0.05, 0.1) is 18.2 Å². The van der Waals surface area contributed by atoms with Crippen LogP contribution in [0, 0.1) is 0 Å². The summed E-state index contributed by atoms with van der Waals surface area (Å²) in [4.78, 5) is 31.3. The summed E-state index contributed by atoms with van der Waals surface area (Å²) in [7, 11) is 1.82. The molecule has 36 heavy (non-hydrogen) atoms. The maximum atomic E-state index is 13.1. The van der Waals surface area contributed by atoms with E-state index in [4.69, 9.17) is 0 Å². The normalized spacial score (nSPS) is 21.1. The van der Waals surface area contributed by atoms with E-state index < -0.39 is 17.4 Å². The first-order valence-corrected chi connectivity index (χ1v) is 13.3. The molecule has 0 spiro atoms. The lowest BCUT2D eigenvalue weighted by Gasteiger charge is -2.39. The summed E-state index contributed by atoms with van der Waals surface area (Å²) in [5.41, 5.74) is 1.32. The van der Waals surface area contributed by atoms with Gasteiger partial charge in [0.1, 0.15) is 12.2 Å². The predicted molar refractivity (Wildman–Crippen MR) is 136 cm³/mol. The maximum absolute atomic E-state index is 13.1. The van der Waals surface area contributed by atoms with Crippen LogP contribution in [0.3, 0.4) is 0 Å². The number of aromatic nitrogens is 3. The van der Waals surface area contributed by atoms with Gasteiger partial charge in [-0.1, -0.05) is 30.3 Å². The lowest BCUT2D eigenvalue weighted by atomic mass is 9.89. The van der Waals surface area contributed by atoms with E-state index in [0.29, 0.717) is 31.8 Å². The number of benzene rings is 1. The summed E-state index contributed by atoms with van der Waals surface area (Å²) in [6.07, 6.45) is 4.02. The highest BCUT2D eigenvalue weighted by atomic mass is 32.1. The third-order valence-electron chi connectivity index (χ3n) is 7.25. The van der Waals surface area contributed by atoms with Crippen molar-refractivity contribution in [2.24, 2.45) is 7.05 Å². The van der Waals surface area contributed by atoms with Crippen LogP contribution in [0.15, 0.2) is 48.1 Å². The predicted octanol–water partition coefficient (Wildman–Crippen LogP) is 1.69. The van der Waals surface area contributed by atoms with Gasteiger partial charge in [0.25, 0.3) is 0 Å². The van der Waals surface area contributed by atoms with E-state index in [-0.39, 0.29) is 19.0 Å². The number of β-amino-alcohol motifs (C(OH)–C–C–N with tert-alkyl or cyclic N) is 1. The molecule has 2 atom stereocenters. The number of carbonyl (C=O) groups excluding carboxylic acids is 2. The zero-order valence-corrected chi connectivity index (χ0v) is 21.3. The molecule has 2 aliphatic rings. The van der Waals surface area contributed by atoms with Crippen LogP contribution >= 0.6 is 11.3 Å². The minimum absolute atomic E-state index is 0.0368. The second-order valence-electron chi connectivity index (χ2n) is 9.82. The van der Waals surface area contributed by atoms with Crippen molar-refractivity contribution in [1.29, 1.82) is 0 Å². The number of likely N-dealkylation sites (tertiary alicyclic amines) is 1. The Kier molecular flexibility index (Phi) is 7.17. The van der Waals surface area contributed by atoms with Crippen LogP contribution < -0.4 is 5.32 Å². The van der Waals surface area contributed by atoms with Crippen molar-refractivity contribution in [3.05, 3.63) is 69.9 Å². The van der Waals surface area contributed by atoms with Gasteiger partial charge in [0, 0.05) is 44.5 Å². The first-order chi connectivity index (χ1) is 17.4. The number of hydrogen-bond acceptors (Lipinski definition) is 7. The molecule has 0 saturated carbocycles. The van der Waals surface area contributed by atoms with Gasteiger partial charge in [-0.2, -0.15) is 0 Å². The highest BCUT2D eigenvalue weighted by molar-refractivity contribution is 7.10. The van der Waals surface area contributed by atoms with Crippen LogP contribution in [-0.4, -0.2) is 73.3 Å². The number of amides is 2. The molecule has 4 heterocycles. The molecule has 1 saturated heterocycles. The molecule has 0 bridgehead atoms. The Hall–Kier alpha value is -3.08. The topological polar surface area (TPSA) is 104 Å². The minimum atomic E-state index is -1.13. The van der Waals surface area contributed by atoms with Crippen molar-refractivity contribution in [3.8, 4) is 0 Å². The first-order valence-electron chi connectivity index (χ1n) is 12.4. The first kappa shape index (κ1) is 24.6. The molecule has 3 aromatic rings. The molecular formula is C26H32N6O3S. The van der Waals surface area contributed by atoms with E-state index in [1.165, 1.54) is 15.3 Å². The summed E-state index contributed by atoms with van der Waals surface area (Å²) in [5, 5.41) is 24.1. The van der Waals surface area contributed by atoms with Crippen LogP contribution in [0.2, 0.25) is 0 Å². The van der Waals surface area contributed by atoms with E-state index in [0.717, 1.165) is 25.1 Å². The fourth-order valence-corrected chi connectivity index (χ4v) is 6.16. The van der Waals surface area contributed by atoms with Gasteiger partial charge in [-0.25, -0.2) is 0 Å². The Bertz CT molecular complexity index is 1210. The number of fused-ring (bicyclic) bond motifs is 1. The van der Waals surface area contributed by atoms with Gasteiger partial charge in [-0.3, -0.25) is 14.5 Å². The van der Waals surface area contributed by atoms with Crippen LogP contribution in [0.4, 0.5) is 0 Å². The standard InChI is InChI=1S/C26H32N6O3S/c1-30-18-28-29-23(30)14-26(35)10-5-11-32(17-26)25(34)24(33)27-15-21(19-6-3-2-4-7-19)31-12-8-22-20(16-31)9-13-36-22/h2-4,6-7,9,13,18,21,35H,5,8,10-12,14-17H2,1H3,(H,27,33). The lowest BCUT2D eigenvalue weighted by molar-refractivity contribution is -0.150. The fourth-order valence-electron chi connectivity index (χ4n) is 5.27. The highest BCUT2D eigenvalue weighted by Crippen LogP contribution is 2.30. The number of rotatable bonds is 6.